The minimum absolute atomic E-state index is 0.0775. The lowest BCUT2D eigenvalue weighted by Gasteiger charge is -2.10. The fourth-order valence-electron chi connectivity index (χ4n) is 2.10. The van der Waals surface area contributed by atoms with E-state index in [-0.39, 0.29) is 12.5 Å². The Morgan fingerprint density at radius 3 is 2.33 bits per heavy atom. The van der Waals surface area contributed by atoms with Gasteiger partial charge in [-0.3, -0.25) is 4.79 Å². The van der Waals surface area contributed by atoms with E-state index in [4.69, 9.17) is 25.8 Å². The molecule has 2 aromatic rings. The van der Waals surface area contributed by atoms with E-state index in [1.165, 1.54) is 0 Å². The molecule has 0 radical (unpaired) electrons. The van der Waals surface area contributed by atoms with Gasteiger partial charge in [0.05, 0.1) is 14.2 Å². The average Bonchev–Trinajstić information content (AvgIpc) is 2.59. The summed E-state index contributed by atoms with van der Waals surface area (Å²) in [7, 11) is 3.11. The van der Waals surface area contributed by atoms with Crippen LogP contribution in [0.5, 0.6) is 17.2 Å². The van der Waals surface area contributed by atoms with Crippen LogP contribution in [0, 0.1) is 0 Å². The molecule has 0 bridgehead atoms. The first-order valence-electron chi connectivity index (χ1n) is 7.47. The Morgan fingerprint density at radius 1 is 1.04 bits per heavy atom. The summed E-state index contributed by atoms with van der Waals surface area (Å²) >= 11 is 5.93. The predicted molar refractivity (Wildman–Crippen MR) is 93.2 cm³/mol. The molecule has 0 unspecified atom stereocenters. The van der Waals surface area contributed by atoms with Crippen LogP contribution in [0.25, 0.3) is 0 Å². The lowest BCUT2D eigenvalue weighted by molar-refractivity contribution is -0.123. The molecular formula is C18H20ClNO4. The zero-order valence-corrected chi connectivity index (χ0v) is 14.4. The van der Waals surface area contributed by atoms with E-state index in [2.05, 4.69) is 5.32 Å². The molecule has 5 nitrogen and oxygen atoms in total. The molecule has 0 aromatic heterocycles. The Kier molecular flexibility index (Phi) is 6.75. The van der Waals surface area contributed by atoms with Gasteiger partial charge >= 0.3 is 0 Å². The Morgan fingerprint density at radius 2 is 1.71 bits per heavy atom. The third kappa shape index (κ3) is 5.66. The number of carbonyl (C=O) groups excluding carboxylic acids is 1. The van der Waals surface area contributed by atoms with Gasteiger partial charge in [-0.1, -0.05) is 23.7 Å². The zero-order valence-electron chi connectivity index (χ0n) is 13.7. The van der Waals surface area contributed by atoms with Gasteiger partial charge in [0.25, 0.3) is 5.91 Å². The quantitative estimate of drug-likeness (QED) is 0.795. The highest BCUT2D eigenvalue weighted by molar-refractivity contribution is 6.30. The van der Waals surface area contributed by atoms with Crippen LogP contribution in [0.15, 0.2) is 42.5 Å². The Labute approximate surface area is 146 Å². The summed E-state index contributed by atoms with van der Waals surface area (Å²) < 4.78 is 15.8. The number of amides is 1. The van der Waals surface area contributed by atoms with Crippen LogP contribution in [0.4, 0.5) is 0 Å². The van der Waals surface area contributed by atoms with Crippen molar-refractivity contribution in [2.75, 3.05) is 27.4 Å². The van der Waals surface area contributed by atoms with Crippen LogP contribution in [-0.2, 0) is 11.2 Å². The largest absolute Gasteiger partial charge is 0.496 e. The lowest BCUT2D eigenvalue weighted by Crippen LogP contribution is -2.30. The number of halogens is 1. The Hall–Kier alpha value is -2.40. The summed E-state index contributed by atoms with van der Waals surface area (Å²) in [5.41, 5.74) is 1.07. The second-order valence-electron chi connectivity index (χ2n) is 5.07. The van der Waals surface area contributed by atoms with E-state index in [1.807, 2.05) is 24.3 Å². The molecule has 0 heterocycles. The molecule has 128 valence electrons. The summed E-state index contributed by atoms with van der Waals surface area (Å²) in [5, 5.41) is 3.50. The van der Waals surface area contributed by atoms with Crippen molar-refractivity contribution < 1.29 is 19.0 Å². The summed E-state index contributed by atoms with van der Waals surface area (Å²) in [6.45, 7) is 0.440. The molecule has 6 heteroatoms. The van der Waals surface area contributed by atoms with E-state index in [0.717, 1.165) is 5.56 Å². The van der Waals surface area contributed by atoms with Crippen LogP contribution in [0.3, 0.4) is 0 Å². The SMILES string of the molecule is COc1cc(OC)cc(OCC(=O)NCCc2cccc(Cl)c2)c1. The second-order valence-corrected chi connectivity index (χ2v) is 5.50. The van der Waals surface area contributed by atoms with Crippen LogP contribution in [0.1, 0.15) is 5.56 Å². The first-order chi connectivity index (χ1) is 11.6. The van der Waals surface area contributed by atoms with Gasteiger partial charge in [-0.2, -0.15) is 0 Å². The second kappa shape index (κ2) is 9.03. The average molecular weight is 350 g/mol. The summed E-state index contributed by atoms with van der Waals surface area (Å²) in [4.78, 5) is 11.9. The molecule has 0 spiro atoms. The number of methoxy groups -OCH3 is 2. The van der Waals surface area contributed by atoms with Crippen molar-refractivity contribution in [1.29, 1.82) is 0 Å². The van der Waals surface area contributed by atoms with Crippen molar-refractivity contribution >= 4 is 17.5 Å². The number of ether oxygens (including phenoxy) is 3. The maximum Gasteiger partial charge on any atom is 0.257 e. The van der Waals surface area contributed by atoms with Gasteiger partial charge in [-0.05, 0) is 24.1 Å². The van der Waals surface area contributed by atoms with Crippen molar-refractivity contribution in [2.45, 2.75) is 6.42 Å². The molecule has 1 amide bonds. The van der Waals surface area contributed by atoms with Gasteiger partial charge in [0.2, 0.25) is 0 Å². The minimum Gasteiger partial charge on any atom is -0.496 e. The number of nitrogens with one attached hydrogen (secondary N) is 1. The van der Waals surface area contributed by atoms with Crippen molar-refractivity contribution in [3.8, 4) is 17.2 Å². The van der Waals surface area contributed by atoms with Crippen LogP contribution in [0.2, 0.25) is 5.02 Å². The topological polar surface area (TPSA) is 56.8 Å². The van der Waals surface area contributed by atoms with Crippen LogP contribution < -0.4 is 19.5 Å². The predicted octanol–water partition coefficient (Wildman–Crippen LogP) is 3.09. The molecule has 0 atom stereocenters. The molecular weight excluding hydrogens is 330 g/mol. The Bertz CT molecular complexity index is 668. The minimum atomic E-state index is -0.196. The van der Waals surface area contributed by atoms with E-state index >= 15 is 0 Å². The molecule has 0 saturated carbocycles. The van der Waals surface area contributed by atoms with Crippen molar-refractivity contribution in [3.05, 3.63) is 53.1 Å². The number of rotatable bonds is 8. The first kappa shape index (κ1) is 17.9. The molecule has 2 rings (SSSR count). The van der Waals surface area contributed by atoms with Gasteiger partial charge < -0.3 is 19.5 Å². The smallest absolute Gasteiger partial charge is 0.257 e. The molecule has 0 aliphatic heterocycles. The monoisotopic (exact) mass is 349 g/mol. The number of hydrogen-bond donors (Lipinski definition) is 1. The fraction of sp³-hybridized carbons (Fsp3) is 0.278. The molecule has 24 heavy (non-hydrogen) atoms. The summed E-state index contributed by atoms with van der Waals surface area (Å²) in [5.74, 6) is 1.52. The zero-order chi connectivity index (χ0) is 17.4. The summed E-state index contributed by atoms with van der Waals surface area (Å²) in [6, 6.07) is 12.7. The standard InChI is InChI=1S/C18H20ClNO4/c1-22-15-9-16(23-2)11-17(10-15)24-12-18(21)20-7-6-13-4-3-5-14(19)8-13/h3-5,8-11H,6-7,12H2,1-2H3,(H,20,21). The van der Waals surface area contributed by atoms with Crippen molar-refractivity contribution in [1.82, 2.24) is 5.32 Å². The van der Waals surface area contributed by atoms with E-state index < -0.39 is 0 Å². The van der Waals surface area contributed by atoms with Crippen LogP contribution >= 0.6 is 11.6 Å². The van der Waals surface area contributed by atoms with Gasteiger partial charge in [0.1, 0.15) is 17.2 Å². The lowest BCUT2D eigenvalue weighted by atomic mass is 10.1. The van der Waals surface area contributed by atoms with Crippen molar-refractivity contribution in [3.63, 3.8) is 0 Å². The highest BCUT2D eigenvalue weighted by Gasteiger charge is 2.06. The fourth-order valence-corrected chi connectivity index (χ4v) is 2.32. The normalized spacial score (nSPS) is 10.1. The molecule has 0 fully saturated rings. The highest BCUT2D eigenvalue weighted by Crippen LogP contribution is 2.27. The van der Waals surface area contributed by atoms with E-state index in [0.29, 0.717) is 35.2 Å². The maximum atomic E-state index is 11.9. The first-order valence-corrected chi connectivity index (χ1v) is 7.85. The van der Waals surface area contributed by atoms with Gasteiger partial charge in [-0.15, -0.1) is 0 Å². The van der Waals surface area contributed by atoms with Gasteiger partial charge in [0.15, 0.2) is 6.61 Å². The van der Waals surface area contributed by atoms with Crippen molar-refractivity contribution in [2.24, 2.45) is 0 Å². The highest BCUT2D eigenvalue weighted by atomic mass is 35.5. The molecule has 0 saturated heterocycles. The molecule has 0 aliphatic rings. The van der Waals surface area contributed by atoms with E-state index in [9.17, 15) is 4.79 Å². The number of hydrogen-bond acceptors (Lipinski definition) is 4. The third-order valence-corrected chi connectivity index (χ3v) is 3.55. The molecule has 0 aliphatic carbocycles. The van der Waals surface area contributed by atoms with Gasteiger partial charge in [0, 0.05) is 29.8 Å². The van der Waals surface area contributed by atoms with Gasteiger partial charge in [-0.25, -0.2) is 0 Å². The maximum absolute atomic E-state index is 11.9. The third-order valence-electron chi connectivity index (χ3n) is 3.32. The summed E-state index contributed by atoms with van der Waals surface area (Å²) in [6.07, 6.45) is 0.708. The Balaban J connectivity index is 1.78. The van der Waals surface area contributed by atoms with Crippen LogP contribution in [-0.4, -0.2) is 33.3 Å². The number of carbonyl (C=O) groups is 1. The molecule has 2 aromatic carbocycles. The number of benzene rings is 2. The van der Waals surface area contributed by atoms with E-state index in [1.54, 1.807) is 32.4 Å². The molecule has 1 N–H and O–H groups in total.